The smallest absolute Gasteiger partial charge is 0.123 e. The summed E-state index contributed by atoms with van der Waals surface area (Å²) in [6.45, 7) is 0. The number of rotatable bonds is 5. The van der Waals surface area contributed by atoms with Crippen molar-refractivity contribution in [1.82, 2.24) is 0 Å². The molecule has 0 amide bonds. The lowest BCUT2D eigenvalue weighted by Crippen LogP contribution is -1.99. The fraction of sp³-hybridized carbons (Fsp3) is 0.250. The van der Waals surface area contributed by atoms with E-state index in [-0.39, 0.29) is 5.38 Å². The van der Waals surface area contributed by atoms with Crippen LogP contribution in [0.25, 0.3) is 0 Å². The molecule has 0 aliphatic heterocycles. The number of ether oxygens (including phenoxy) is 2. The summed E-state index contributed by atoms with van der Waals surface area (Å²) in [4.78, 5) is 0. The molecule has 4 heteroatoms. The van der Waals surface area contributed by atoms with Gasteiger partial charge in [-0.05, 0) is 42.3 Å². The van der Waals surface area contributed by atoms with E-state index in [1.54, 1.807) is 14.2 Å². The molecule has 1 unspecified atom stereocenters. The van der Waals surface area contributed by atoms with Gasteiger partial charge in [0.1, 0.15) is 11.5 Å². The fourth-order valence-electron chi connectivity index (χ4n) is 2.07. The molecule has 0 N–H and O–H groups in total. The summed E-state index contributed by atoms with van der Waals surface area (Å²) in [5, 5.41) is -0.158. The summed E-state index contributed by atoms with van der Waals surface area (Å²) in [5.74, 6) is 1.64. The minimum Gasteiger partial charge on any atom is -0.497 e. The molecule has 20 heavy (non-hydrogen) atoms. The van der Waals surface area contributed by atoms with Crippen molar-refractivity contribution >= 4 is 27.5 Å². The summed E-state index contributed by atoms with van der Waals surface area (Å²) >= 11 is 10.0. The molecule has 0 radical (unpaired) electrons. The van der Waals surface area contributed by atoms with Crippen molar-refractivity contribution in [3.63, 3.8) is 0 Å². The van der Waals surface area contributed by atoms with Crippen LogP contribution in [0.5, 0.6) is 11.5 Å². The zero-order valence-corrected chi connectivity index (χ0v) is 13.7. The van der Waals surface area contributed by atoms with E-state index >= 15 is 0 Å². The molecule has 0 heterocycles. The Kier molecular flexibility index (Phi) is 5.32. The Morgan fingerprint density at radius 2 is 1.90 bits per heavy atom. The highest BCUT2D eigenvalue weighted by molar-refractivity contribution is 9.10. The van der Waals surface area contributed by atoms with Crippen LogP contribution in [0, 0.1) is 0 Å². The first-order valence-electron chi connectivity index (χ1n) is 6.24. The van der Waals surface area contributed by atoms with Gasteiger partial charge in [0.15, 0.2) is 0 Å². The zero-order chi connectivity index (χ0) is 14.5. The second-order valence-electron chi connectivity index (χ2n) is 4.41. The summed E-state index contributed by atoms with van der Waals surface area (Å²) in [6.07, 6.45) is 0.714. The molecular formula is C16H16BrClO2. The second-order valence-corrected chi connectivity index (χ2v) is 5.85. The van der Waals surface area contributed by atoms with Crippen LogP contribution in [-0.4, -0.2) is 14.2 Å². The number of hydrogen-bond donors (Lipinski definition) is 0. The molecule has 2 aromatic rings. The maximum absolute atomic E-state index is 6.55. The van der Waals surface area contributed by atoms with Crippen molar-refractivity contribution in [3.05, 3.63) is 58.1 Å². The molecular weight excluding hydrogens is 340 g/mol. The summed E-state index contributed by atoms with van der Waals surface area (Å²) < 4.78 is 11.6. The van der Waals surface area contributed by atoms with Crippen LogP contribution in [-0.2, 0) is 6.42 Å². The lowest BCUT2D eigenvalue weighted by Gasteiger charge is -2.15. The fourth-order valence-corrected chi connectivity index (χ4v) is 2.79. The number of methoxy groups -OCH3 is 2. The summed E-state index contributed by atoms with van der Waals surface area (Å²) in [6, 6.07) is 13.8. The maximum atomic E-state index is 6.55. The zero-order valence-electron chi connectivity index (χ0n) is 11.4. The molecule has 0 aliphatic carbocycles. The standard InChI is InChI=1S/C16H16BrClO2/c1-19-13-5-3-4-11(8-13)9-15(18)14-10-12(17)6-7-16(14)20-2/h3-8,10,15H,9H2,1-2H3. The molecule has 2 rings (SSSR count). The van der Waals surface area contributed by atoms with Crippen LogP contribution >= 0.6 is 27.5 Å². The van der Waals surface area contributed by atoms with Gasteiger partial charge >= 0.3 is 0 Å². The first-order chi connectivity index (χ1) is 9.63. The predicted molar refractivity (Wildman–Crippen MR) is 86.0 cm³/mol. The van der Waals surface area contributed by atoms with Crippen molar-refractivity contribution in [2.24, 2.45) is 0 Å². The van der Waals surface area contributed by atoms with Crippen LogP contribution in [0.1, 0.15) is 16.5 Å². The SMILES string of the molecule is COc1cccc(CC(Cl)c2cc(Br)ccc2OC)c1. The lowest BCUT2D eigenvalue weighted by molar-refractivity contribution is 0.408. The topological polar surface area (TPSA) is 18.5 Å². The highest BCUT2D eigenvalue weighted by Crippen LogP contribution is 2.34. The normalized spacial score (nSPS) is 12.0. The first-order valence-corrected chi connectivity index (χ1v) is 7.47. The minimum absolute atomic E-state index is 0.158. The Labute approximate surface area is 132 Å². The number of benzene rings is 2. The van der Waals surface area contributed by atoms with Gasteiger partial charge in [-0.3, -0.25) is 0 Å². The highest BCUT2D eigenvalue weighted by Gasteiger charge is 2.15. The molecule has 0 saturated carbocycles. The quantitative estimate of drug-likeness (QED) is 0.704. The average Bonchev–Trinajstić information content (AvgIpc) is 2.47. The Morgan fingerprint density at radius 1 is 1.10 bits per heavy atom. The van der Waals surface area contributed by atoms with Crippen LogP contribution in [0.3, 0.4) is 0 Å². The van der Waals surface area contributed by atoms with Gasteiger partial charge in [0.2, 0.25) is 0 Å². The molecule has 0 bridgehead atoms. The van der Waals surface area contributed by atoms with Gasteiger partial charge in [-0.1, -0.05) is 28.1 Å². The van der Waals surface area contributed by atoms with E-state index in [2.05, 4.69) is 15.9 Å². The Morgan fingerprint density at radius 3 is 2.60 bits per heavy atom. The Hall–Kier alpha value is -1.19. The third-order valence-corrected chi connectivity index (χ3v) is 3.96. The van der Waals surface area contributed by atoms with E-state index in [0.717, 1.165) is 27.1 Å². The summed E-state index contributed by atoms with van der Waals surface area (Å²) in [7, 11) is 3.32. The molecule has 1 atom stereocenters. The van der Waals surface area contributed by atoms with E-state index in [1.165, 1.54) is 0 Å². The van der Waals surface area contributed by atoms with Gasteiger partial charge in [-0.25, -0.2) is 0 Å². The monoisotopic (exact) mass is 354 g/mol. The highest BCUT2D eigenvalue weighted by atomic mass is 79.9. The molecule has 0 aromatic heterocycles. The third-order valence-electron chi connectivity index (χ3n) is 3.08. The molecule has 0 spiro atoms. The molecule has 2 nitrogen and oxygen atoms in total. The van der Waals surface area contributed by atoms with E-state index in [9.17, 15) is 0 Å². The summed E-state index contributed by atoms with van der Waals surface area (Å²) in [5.41, 5.74) is 2.11. The Balaban J connectivity index is 2.23. The minimum atomic E-state index is -0.158. The molecule has 0 aliphatic rings. The van der Waals surface area contributed by atoms with Crippen molar-refractivity contribution in [2.45, 2.75) is 11.8 Å². The van der Waals surface area contributed by atoms with Gasteiger partial charge in [0.25, 0.3) is 0 Å². The van der Waals surface area contributed by atoms with Crippen molar-refractivity contribution in [1.29, 1.82) is 0 Å². The first kappa shape index (κ1) is 15.2. The van der Waals surface area contributed by atoms with Gasteiger partial charge in [0.05, 0.1) is 19.6 Å². The Bertz CT molecular complexity index is 586. The average molecular weight is 356 g/mol. The van der Waals surface area contributed by atoms with E-state index in [0.29, 0.717) is 6.42 Å². The molecule has 0 saturated heterocycles. The lowest BCUT2D eigenvalue weighted by atomic mass is 10.0. The number of alkyl halides is 1. The van der Waals surface area contributed by atoms with E-state index in [1.807, 2.05) is 42.5 Å². The number of halogens is 2. The van der Waals surface area contributed by atoms with Crippen molar-refractivity contribution < 1.29 is 9.47 Å². The predicted octanol–water partition coefficient (Wildman–Crippen LogP) is 4.99. The van der Waals surface area contributed by atoms with E-state index < -0.39 is 0 Å². The van der Waals surface area contributed by atoms with Crippen LogP contribution < -0.4 is 9.47 Å². The van der Waals surface area contributed by atoms with Gasteiger partial charge < -0.3 is 9.47 Å². The molecule has 106 valence electrons. The largest absolute Gasteiger partial charge is 0.497 e. The molecule has 2 aromatic carbocycles. The van der Waals surface area contributed by atoms with Crippen molar-refractivity contribution in [3.8, 4) is 11.5 Å². The van der Waals surface area contributed by atoms with Gasteiger partial charge in [-0.2, -0.15) is 0 Å². The van der Waals surface area contributed by atoms with Gasteiger partial charge in [0, 0.05) is 10.0 Å². The van der Waals surface area contributed by atoms with Crippen LogP contribution in [0.2, 0.25) is 0 Å². The van der Waals surface area contributed by atoms with Crippen LogP contribution in [0.4, 0.5) is 0 Å². The van der Waals surface area contributed by atoms with Crippen LogP contribution in [0.15, 0.2) is 46.9 Å². The van der Waals surface area contributed by atoms with E-state index in [4.69, 9.17) is 21.1 Å². The third kappa shape index (κ3) is 3.68. The number of hydrogen-bond acceptors (Lipinski definition) is 2. The second kappa shape index (κ2) is 7.00. The van der Waals surface area contributed by atoms with Crippen molar-refractivity contribution in [2.75, 3.05) is 14.2 Å². The maximum Gasteiger partial charge on any atom is 0.123 e. The van der Waals surface area contributed by atoms with Gasteiger partial charge in [-0.15, -0.1) is 11.6 Å². The molecule has 0 fully saturated rings.